The quantitative estimate of drug-likeness (QED) is 0.0892. The molecule has 4 aliphatic carbocycles. The molecule has 8 fully saturated rings. The van der Waals surface area contributed by atoms with Gasteiger partial charge in [-0.1, -0.05) is 135 Å². The summed E-state index contributed by atoms with van der Waals surface area (Å²) in [6.45, 7) is 18.1. The van der Waals surface area contributed by atoms with Gasteiger partial charge in [0.2, 0.25) is 55.5 Å². The number of amides is 6. The second-order valence-corrected chi connectivity index (χ2v) is 43.5. The number of sulfonamides is 2. The summed E-state index contributed by atoms with van der Waals surface area (Å²) >= 11 is 0. The molecular formula is C95H152N10O20S2. The van der Waals surface area contributed by atoms with Crippen molar-refractivity contribution in [3.63, 3.8) is 0 Å². The Hall–Kier alpha value is -6.62. The lowest BCUT2D eigenvalue weighted by atomic mass is 9.71. The van der Waals surface area contributed by atoms with Crippen LogP contribution in [0.4, 0.5) is 0 Å². The van der Waals surface area contributed by atoms with Crippen LogP contribution in [0.3, 0.4) is 0 Å². The van der Waals surface area contributed by atoms with Gasteiger partial charge in [-0.25, -0.2) is 16.8 Å². The van der Waals surface area contributed by atoms with Crippen LogP contribution in [0.2, 0.25) is 0 Å². The molecule has 4 saturated heterocycles. The van der Waals surface area contributed by atoms with E-state index in [1.165, 1.54) is 0 Å². The summed E-state index contributed by atoms with van der Waals surface area (Å²) in [5.41, 5.74) is -5.58. The van der Waals surface area contributed by atoms with Crippen molar-refractivity contribution in [2.24, 2.45) is 68.5 Å². The van der Waals surface area contributed by atoms with Crippen molar-refractivity contribution in [3.05, 3.63) is 48.6 Å². The Bertz CT molecular complexity index is 4250. The minimum Gasteiger partial charge on any atom is -0.379 e. The van der Waals surface area contributed by atoms with Crippen LogP contribution < -0.4 is 30.7 Å². The fourth-order valence-corrected chi connectivity index (χ4v) is 23.1. The van der Waals surface area contributed by atoms with Crippen LogP contribution in [0.1, 0.15) is 242 Å². The Morgan fingerprint density at radius 1 is 0.402 bits per heavy atom. The molecule has 127 heavy (non-hydrogen) atoms. The Morgan fingerprint density at radius 2 is 0.709 bits per heavy atom. The maximum atomic E-state index is 14.0. The van der Waals surface area contributed by atoms with Crippen molar-refractivity contribution >= 4 is 90.2 Å². The van der Waals surface area contributed by atoms with Gasteiger partial charge >= 0.3 is 0 Å². The Labute approximate surface area is 755 Å². The number of nitrogens with zero attached hydrogens (tertiary/aromatic N) is 4. The molecule has 0 aromatic heterocycles. The first-order valence-electron chi connectivity index (χ1n) is 46.7. The van der Waals surface area contributed by atoms with E-state index in [1.807, 2.05) is 86.9 Å². The third-order valence-electron chi connectivity index (χ3n) is 31.5. The number of Topliss-reactive ketones (excluding diaryl/α,β-unsaturated/α-hetero) is 6. The van der Waals surface area contributed by atoms with Gasteiger partial charge in [0.05, 0.1) is 108 Å². The monoisotopic (exact) mass is 1820 g/mol. The van der Waals surface area contributed by atoms with Gasteiger partial charge in [0.25, 0.3) is 0 Å². The number of fused-ring (bicyclic) bond motifs is 8. The summed E-state index contributed by atoms with van der Waals surface area (Å²) in [5.74, 6) is -2.48. The molecule has 12 rings (SSSR count). The number of allylic oxidation sites excluding steroid dienone is 8. The van der Waals surface area contributed by atoms with Crippen LogP contribution in [-0.4, -0.2) is 274 Å². The van der Waals surface area contributed by atoms with Gasteiger partial charge in [-0.05, 0) is 182 Å². The summed E-state index contributed by atoms with van der Waals surface area (Å²) in [5, 5.41) is 12.5. The number of carbonyl (C=O) groups is 12. The lowest BCUT2D eigenvalue weighted by Crippen LogP contribution is -2.53. The van der Waals surface area contributed by atoms with Crippen molar-refractivity contribution in [1.29, 1.82) is 0 Å². The van der Waals surface area contributed by atoms with Crippen LogP contribution >= 0.6 is 0 Å². The fourth-order valence-electron chi connectivity index (χ4n) is 22.0. The second kappa shape index (κ2) is 43.4. The topological polar surface area (TPSA) is 395 Å². The molecule has 0 aromatic carbocycles. The molecule has 8 heterocycles. The molecule has 30 nitrogen and oxygen atoms in total. The minimum atomic E-state index is -3.78. The number of nitrogens with one attached hydrogen (secondary N) is 6. The maximum Gasteiger partial charge on any atom is 0.240 e. The Kier molecular flexibility index (Phi) is 35.6. The highest BCUT2D eigenvalue weighted by atomic mass is 32.2. The van der Waals surface area contributed by atoms with Crippen LogP contribution in [-0.2, 0) is 96.5 Å². The summed E-state index contributed by atoms with van der Waals surface area (Å²) in [4.78, 5) is 166. The molecule has 714 valence electrons. The van der Waals surface area contributed by atoms with Gasteiger partial charge in [-0.2, -0.15) is 0 Å². The van der Waals surface area contributed by atoms with Crippen molar-refractivity contribution in [2.75, 3.05) is 95.3 Å². The first-order valence-corrected chi connectivity index (χ1v) is 50.5. The number of methoxy groups -OCH3 is 4. The van der Waals surface area contributed by atoms with E-state index in [4.69, 9.17) is 18.9 Å². The van der Waals surface area contributed by atoms with E-state index in [2.05, 4.69) is 55.0 Å². The van der Waals surface area contributed by atoms with Crippen LogP contribution in [0.25, 0.3) is 0 Å². The molecule has 23 atom stereocenters. The molecule has 12 aliphatic rings. The van der Waals surface area contributed by atoms with Gasteiger partial charge in [0, 0.05) is 101 Å². The third-order valence-corrected chi connectivity index (χ3v) is 32.6. The standard InChI is InChI=1S/C25H41N3O6S.C24H39N3O6S.2C23H36N2O4/c1-23(2)20-19(29)15-25(22(31)27-35(6,32)33)14-17(25)12-10-8-7-9-11-13-18(26-4)21(30)28(20)16-24(23,3)34-5;1-16-20-19(28)14-24(22(30)26-34(5,31)32)13-17(24)11-9-7-6-8-10-12-18(25-3)21(29)27(20)15-23(16,2)33-4;2*1-15-20(29-4)14-25-21(15)19(27)13-23(16(2)26)12-17(23)10-8-6-5-7-9-11-18(24-3)22(25)28/h10,12,17-18,20,26H,7-9,11,13-16H2,1-6H3,(H,27,31);9,11,16-18,20,25H,6-8,10,12-15H2,1-5H3,(H,26,30);2*8,10,15,17-18,20-21,24H,5-7,9,11-14H2,1-4H3/b12-10-;11-9-;2*10-8-/t17-,18+,20-,24+,25-;16-,17-,18+,20+,23+,24-;15-,17+,18-,20-,21-,23-;15-,17-,18+,20+,21+,23+/m1101/s1. The van der Waals surface area contributed by atoms with E-state index in [-0.39, 0.29) is 163 Å². The first-order chi connectivity index (χ1) is 59.8. The zero-order valence-corrected chi connectivity index (χ0v) is 81.0. The second-order valence-electron chi connectivity index (χ2n) is 40.0. The molecule has 6 N–H and O–H groups in total. The van der Waals surface area contributed by atoms with Crippen molar-refractivity contribution in [3.8, 4) is 0 Å². The molecule has 6 amide bonds. The van der Waals surface area contributed by atoms with Crippen LogP contribution in [0.5, 0.6) is 0 Å². The number of ketones is 6. The van der Waals surface area contributed by atoms with E-state index in [1.54, 1.807) is 76.0 Å². The van der Waals surface area contributed by atoms with E-state index < -0.39 is 106 Å². The fraction of sp³-hybridized carbons (Fsp3) is 0.789. The molecule has 0 spiro atoms. The van der Waals surface area contributed by atoms with Gasteiger partial charge in [-0.15, -0.1) is 0 Å². The van der Waals surface area contributed by atoms with Gasteiger partial charge in [0.1, 0.15) is 11.6 Å². The number of hydrogen-bond acceptors (Lipinski definition) is 24. The molecule has 0 aromatic rings. The largest absolute Gasteiger partial charge is 0.379 e. The van der Waals surface area contributed by atoms with Crippen LogP contribution in [0.15, 0.2) is 48.6 Å². The minimum absolute atomic E-state index is 0.00113. The predicted octanol–water partition coefficient (Wildman–Crippen LogP) is 8.19. The molecular weight excluding hydrogens is 1670 g/mol. The van der Waals surface area contributed by atoms with E-state index in [9.17, 15) is 74.4 Å². The Balaban J connectivity index is 0.000000192. The average molecular weight is 1820 g/mol. The van der Waals surface area contributed by atoms with Gasteiger partial charge < -0.3 is 59.8 Å². The normalized spacial score (nSPS) is 38.7. The highest BCUT2D eigenvalue weighted by Crippen LogP contribution is 2.62. The zero-order chi connectivity index (χ0) is 93.9. The number of ether oxygens (including phenoxy) is 4. The highest BCUT2D eigenvalue weighted by molar-refractivity contribution is 7.89. The molecule has 0 bridgehead atoms. The molecule has 4 saturated carbocycles. The van der Waals surface area contributed by atoms with E-state index in [0.29, 0.717) is 38.8 Å². The summed E-state index contributed by atoms with van der Waals surface area (Å²) < 4.78 is 74.2. The molecule has 0 radical (unpaired) electrons. The van der Waals surface area contributed by atoms with Gasteiger partial charge in [0.15, 0.2) is 23.1 Å². The summed E-state index contributed by atoms with van der Waals surface area (Å²) in [7, 11) is 6.02. The SMILES string of the molecule is CN[C@H]1CCCCC/C=C\[C@@H]2C[C@@]2(C(=O)NS(C)(=O)=O)CC(=O)[C@@H]2[C@@H](C)[C@@](C)(OC)CN2C1=O.CN[C@H]1CCCCC/C=C\[C@@H]2C[C@@]2(C(=O)NS(C)(=O)=O)CC(=O)[C@H]2N(C[C@](C)(OC)C2(C)C)C1=O.CN[C@H]1CCCCC/C=C\[C@@H]2C[C@@]2(C(C)=O)CC(=O)[C@@H]2[C@@H](C)[C@@H](OC)CN2C1=O.CN[C@H]1CCCCC/C=C\[C@@H]2C[C@@]2(C(C)=O)CC(=O)[C@@H]2[C@H](C)[C@@H](OC)CN2C1=O. The van der Waals surface area contributed by atoms with Crippen LogP contribution in [0, 0.1) is 68.5 Å². The number of rotatable bonds is 14. The van der Waals surface area contributed by atoms with Crippen molar-refractivity contribution in [2.45, 2.75) is 314 Å². The van der Waals surface area contributed by atoms with Crippen molar-refractivity contribution in [1.82, 2.24) is 50.3 Å². The smallest absolute Gasteiger partial charge is 0.240 e. The summed E-state index contributed by atoms with van der Waals surface area (Å²) in [6, 6.07) is -3.98. The number of carbonyl (C=O) groups excluding carboxylic acids is 12. The van der Waals surface area contributed by atoms with E-state index in [0.717, 1.165) is 141 Å². The average Bonchev–Trinajstić information content (AvgIpc) is 1.61. The number of likely N-dealkylation sites (N-methyl/N-ethyl adjacent to an activating group) is 4. The highest BCUT2D eigenvalue weighted by Gasteiger charge is 2.67. The maximum absolute atomic E-state index is 14.0. The molecule has 0 unspecified atom stereocenters. The molecule has 32 heteroatoms. The van der Waals surface area contributed by atoms with Gasteiger partial charge in [-0.3, -0.25) is 67.0 Å². The van der Waals surface area contributed by atoms with E-state index >= 15 is 0 Å². The Morgan fingerprint density at radius 3 is 1.02 bits per heavy atom. The third kappa shape index (κ3) is 23.5. The molecule has 8 aliphatic heterocycles. The lowest BCUT2D eigenvalue weighted by molar-refractivity contribution is -0.142. The van der Waals surface area contributed by atoms with Crippen molar-refractivity contribution < 1.29 is 93.3 Å². The zero-order valence-electron chi connectivity index (χ0n) is 79.3. The predicted molar refractivity (Wildman–Crippen MR) is 484 cm³/mol. The lowest BCUT2D eigenvalue weighted by Gasteiger charge is -2.39. The first kappa shape index (κ1) is 104. The summed E-state index contributed by atoms with van der Waals surface area (Å²) in [6.07, 6.45) is 39.0. The number of hydrogen-bond donors (Lipinski definition) is 6.